The van der Waals surface area contributed by atoms with Gasteiger partial charge in [-0.25, -0.2) is 4.98 Å². The Hall–Kier alpha value is -3.23. The van der Waals surface area contributed by atoms with Crippen LogP contribution in [0.3, 0.4) is 0 Å². The van der Waals surface area contributed by atoms with E-state index >= 15 is 0 Å². The van der Waals surface area contributed by atoms with Crippen LogP contribution in [0.2, 0.25) is 0 Å². The van der Waals surface area contributed by atoms with E-state index in [1.165, 1.54) is 5.69 Å². The Balaban J connectivity index is 1.77. The second-order valence-electron chi connectivity index (χ2n) is 7.77. The maximum Gasteiger partial charge on any atom is 0.160 e. The van der Waals surface area contributed by atoms with Gasteiger partial charge in [-0.05, 0) is 62.4 Å². The molecule has 1 saturated heterocycles. The van der Waals surface area contributed by atoms with Crippen molar-refractivity contribution in [1.29, 1.82) is 5.26 Å². The summed E-state index contributed by atoms with van der Waals surface area (Å²) >= 11 is 0. The van der Waals surface area contributed by atoms with Crippen LogP contribution in [0.15, 0.2) is 42.5 Å². The minimum atomic E-state index is 0.00146. The first-order valence-electron chi connectivity index (χ1n) is 9.86. The number of pyridine rings is 1. The maximum absolute atomic E-state index is 12.2. The number of ketones is 1. The van der Waals surface area contributed by atoms with Crippen molar-refractivity contribution in [3.8, 4) is 17.2 Å². The molecule has 0 unspecified atom stereocenters. The van der Waals surface area contributed by atoms with E-state index in [4.69, 9.17) is 0 Å². The van der Waals surface area contributed by atoms with Gasteiger partial charge in [-0.2, -0.15) is 5.26 Å². The summed E-state index contributed by atoms with van der Waals surface area (Å²) < 4.78 is 0. The summed E-state index contributed by atoms with van der Waals surface area (Å²) in [6, 6.07) is 16.3. The van der Waals surface area contributed by atoms with Crippen molar-refractivity contribution in [2.24, 2.45) is 0 Å². The Morgan fingerprint density at radius 1 is 1.07 bits per heavy atom. The molecular weight excluding hydrogens is 360 g/mol. The lowest BCUT2D eigenvalue weighted by molar-refractivity contribution is 0.101. The molecule has 29 heavy (non-hydrogen) atoms. The zero-order chi connectivity index (χ0) is 20.5. The van der Waals surface area contributed by atoms with Gasteiger partial charge >= 0.3 is 0 Å². The van der Waals surface area contributed by atoms with Gasteiger partial charge in [0.15, 0.2) is 5.78 Å². The predicted octanol–water partition coefficient (Wildman–Crippen LogP) is 4.04. The van der Waals surface area contributed by atoms with E-state index in [1.54, 1.807) is 6.92 Å². The molecule has 1 aliphatic heterocycles. The first kappa shape index (κ1) is 19.1. The van der Waals surface area contributed by atoms with E-state index in [2.05, 4.69) is 40.0 Å². The van der Waals surface area contributed by atoms with Crippen LogP contribution in [0.25, 0.3) is 22.0 Å². The highest BCUT2D eigenvalue weighted by molar-refractivity contribution is 6.07. The van der Waals surface area contributed by atoms with Crippen molar-refractivity contribution >= 4 is 22.4 Å². The minimum absolute atomic E-state index is 0.00146. The molecule has 0 saturated carbocycles. The van der Waals surface area contributed by atoms with Gasteiger partial charge in [0.2, 0.25) is 0 Å². The van der Waals surface area contributed by atoms with E-state index in [9.17, 15) is 10.1 Å². The number of benzene rings is 2. The topological polar surface area (TPSA) is 60.2 Å². The molecule has 2 aromatic carbocycles. The molecule has 0 radical (unpaired) electrons. The fourth-order valence-electron chi connectivity index (χ4n) is 3.93. The second-order valence-corrected chi connectivity index (χ2v) is 7.77. The van der Waals surface area contributed by atoms with Crippen LogP contribution >= 0.6 is 0 Å². The highest BCUT2D eigenvalue weighted by Gasteiger charge is 2.16. The first-order valence-corrected chi connectivity index (χ1v) is 9.86. The number of anilines is 1. The quantitative estimate of drug-likeness (QED) is 0.638. The van der Waals surface area contributed by atoms with E-state index in [1.807, 2.05) is 37.3 Å². The lowest BCUT2D eigenvalue weighted by Crippen LogP contribution is -2.44. The summed E-state index contributed by atoms with van der Waals surface area (Å²) in [4.78, 5) is 21.4. The van der Waals surface area contributed by atoms with Crippen LogP contribution in [-0.4, -0.2) is 48.9 Å². The highest BCUT2D eigenvalue weighted by Crippen LogP contribution is 2.30. The number of aryl methyl sites for hydroxylation is 1. The smallest absolute Gasteiger partial charge is 0.160 e. The summed E-state index contributed by atoms with van der Waals surface area (Å²) in [6.45, 7) is 7.64. The number of nitrogens with zero attached hydrogens (tertiary/aromatic N) is 4. The number of carbonyl (C=O) groups excluding carboxylic acids is 1. The minimum Gasteiger partial charge on any atom is -0.369 e. The average Bonchev–Trinajstić information content (AvgIpc) is 2.73. The number of aromatic nitrogens is 1. The van der Waals surface area contributed by atoms with E-state index in [-0.39, 0.29) is 5.78 Å². The Kier molecular flexibility index (Phi) is 5.04. The molecule has 5 heteroatoms. The molecule has 0 aliphatic carbocycles. The van der Waals surface area contributed by atoms with E-state index < -0.39 is 0 Å². The summed E-state index contributed by atoms with van der Waals surface area (Å²) in [5.41, 5.74) is 5.56. The number of rotatable bonds is 3. The zero-order valence-corrected chi connectivity index (χ0v) is 17.1. The monoisotopic (exact) mass is 384 g/mol. The number of Topliss-reactive ketones (excluding diaryl/α,β-unsaturated/α-hetero) is 1. The number of hydrogen-bond donors (Lipinski definition) is 0. The third-order valence-electron chi connectivity index (χ3n) is 5.61. The van der Waals surface area contributed by atoms with Crippen LogP contribution in [0.1, 0.15) is 28.5 Å². The van der Waals surface area contributed by atoms with Crippen LogP contribution in [0.4, 0.5) is 5.69 Å². The van der Waals surface area contributed by atoms with Gasteiger partial charge in [0.1, 0.15) is 11.8 Å². The predicted molar refractivity (Wildman–Crippen MR) is 116 cm³/mol. The number of piperazine rings is 1. The fourth-order valence-corrected chi connectivity index (χ4v) is 3.93. The highest BCUT2D eigenvalue weighted by atomic mass is 16.1. The lowest BCUT2D eigenvalue weighted by atomic mass is 9.96. The largest absolute Gasteiger partial charge is 0.369 e. The standard InChI is InChI=1S/C24H24N4O/c1-16-12-20(17(2)29)22-14-21(24(15-25)26-23(22)13-16)18-4-6-19(7-5-18)28-10-8-27(3)9-11-28/h4-7,12-14H,8-11H2,1-3H3. The third kappa shape index (κ3) is 3.72. The van der Waals surface area contributed by atoms with Gasteiger partial charge in [0.25, 0.3) is 0 Å². The molecule has 4 rings (SSSR count). The molecule has 0 N–H and O–H groups in total. The number of fused-ring (bicyclic) bond motifs is 1. The van der Waals surface area contributed by atoms with Gasteiger partial charge in [-0.15, -0.1) is 0 Å². The first-order chi connectivity index (χ1) is 14.0. The van der Waals surface area contributed by atoms with Crippen molar-refractivity contribution in [2.45, 2.75) is 13.8 Å². The Morgan fingerprint density at radius 3 is 2.38 bits per heavy atom. The van der Waals surface area contributed by atoms with Gasteiger partial charge in [-0.3, -0.25) is 4.79 Å². The van der Waals surface area contributed by atoms with Gasteiger partial charge in [0, 0.05) is 48.4 Å². The Morgan fingerprint density at radius 2 is 1.76 bits per heavy atom. The molecule has 1 aromatic heterocycles. The van der Waals surface area contributed by atoms with Crippen LogP contribution < -0.4 is 4.90 Å². The van der Waals surface area contributed by atoms with Crippen molar-refractivity contribution in [3.05, 3.63) is 59.3 Å². The SMILES string of the molecule is CC(=O)c1cc(C)cc2nc(C#N)c(-c3ccc(N4CCN(C)CC4)cc3)cc12. The molecule has 5 nitrogen and oxygen atoms in total. The summed E-state index contributed by atoms with van der Waals surface area (Å²) in [6.07, 6.45) is 0. The van der Waals surface area contributed by atoms with E-state index in [0.29, 0.717) is 16.8 Å². The molecule has 1 fully saturated rings. The molecule has 146 valence electrons. The van der Waals surface area contributed by atoms with Crippen LogP contribution in [0, 0.1) is 18.3 Å². The van der Waals surface area contributed by atoms with Crippen molar-refractivity contribution in [3.63, 3.8) is 0 Å². The fraction of sp³-hybridized carbons (Fsp3) is 0.292. The van der Waals surface area contributed by atoms with E-state index in [0.717, 1.165) is 48.3 Å². The van der Waals surface area contributed by atoms with Crippen LogP contribution in [0.5, 0.6) is 0 Å². The lowest BCUT2D eigenvalue weighted by Gasteiger charge is -2.34. The molecule has 0 atom stereocenters. The molecule has 1 aliphatic rings. The average molecular weight is 384 g/mol. The Bertz CT molecular complexity index is 1120. The van der Waals surface area contributed by atoms with Crippen molar-refractivity contribution < 1.29 is 4.79 Å². The number of hydrogen-bond acceptors (Lipinski definition) is 5. The van der Waals surface area contributed by atoms with Gasteiger partial charge in [0.05, 0.1) is 5.52 Å². The molecule has 0 bridgehead atoms. The molecule has 0 amide bonds. The molecular formula is C24H24N4O. The zero-order valence-electron chi connectivity index (χ0n) is 17.1. The van der Waals surface area contributed by atoms with Crippen LogP contribution in [-0.2, 0) is 0 Å². The molecule has 2 heterocycles. The third-order valence-corrected chi connectivity index (χ3v) is 5.61. The summed E-state index contributed by atoms with van der Waals surface area (Å²) in [5.74, 6) is 0.00146. The maximum atomic E-state index is 12.2. The molecule has 3 aromatic rings. The summed E-state index contributed by atoms with van der Waals surface area (Å²) in [7, 11) is 2.15. The summed E-state index contributed by atoms with van der Waals surface area (Å²) in [5, 5.41) is 10.5. The molecule has 0 spiro atoms. The van der Waals surface area contributed by atoms with Crippen molar-refractivity contribution in [2.75, 3.05) is 38.1 Å². The number of carbonyl (C=O) groups is 1. The normalized spacial score (nSPS) is 14.8. The van der Waals surface area contributed by atoms with Gasteiger partial charge in [-0.1, -0.05) is 12.1 Å². The Labute approximate surface area is 171 Å². The second kappa shape index (κ2) is 7.65. The number of nitriles is 1. The van der Waals surface area contributed by atoms with Crippen molar-refractivity contribution in [1.82, 2.24) is 9.88 Å². The number of likely N-dealkylation sites (N-methyl/N-ethyl adjacent to an activating group) is 1. The van der Waals surface area contributed by atoms with Gasteiger partial charge < -0.3 is 9.80 Å².